The molecule has 18 heavy (non-hydrogen) atoms. The van der Waals surface area contributed by atoms with Crippen molar-refractivity contribution in [2.24, 2.45) is 5.73 Å². The topological polar surface area (TPSA) is 56.7 Å². The van der Waals surface area contributed by atoms with E-state index in [0.29, 0.717) is 4.99 Å². The van der Waals surface area contributed by atoms with Gasteiger partial charge in [-0.05, 0) is 31.0 Å². The Morgan fingerprint density at radius 1 is 1.33 bits per heavy atom. The second kappa shape index (κ2) is 5.27. The van der Waals surface area contributed by atoms with Gasteiger partial charge in [0.25, 0.3) is 0 Å². The van der Waals surface area contributed by atoms with Gasteiger partial charge in [-0.2, -0.15) is 5.10 Å². The fourth-order valence-corrected chi connectivity index (χ4v) is 1.91. The van der Waals surface area contributed by atoms with E-state index in [2.05, 4.69) is 30.0 Å². The van der Waals surface area contributed by atoms with Crippen molar-refractivity contribution < 1.29 is 0 Å². The Labute approximate surface area is 112 Å². The highest BCUT2D eigenvalue weighted by Crippen LogP contribution is 2.13. The van der Waals surface area contributed by atoms with E-state index in [1.807, 2.05) is 16.8 Å². The predicted molar refractivity (Wildman–Crippen MR) is 76.0 cm³/mol. The fraction of sp³-hybridized carbons (Fsp3) is 0.308. The molecule has 0 fully saturated rings. The second-order valence-corrected chi connectivity index (χ2v) is 4.45. The average Bonchev–Trinajstić information content (AvgIpc) is 2.82. The summed E-state index contributed by atoms with van der Waals surface area (Å²) in [6.45, 7) is 4.19. The number of nitrogens with two attached hydrogens (primary N) is 1. The third-order valence-corrected chi connectivity index (χ3v) is 3.04. The van der Waals surface area contributed by atoms with Gasteiger partial charge in [-0.1, -0.05) is 26.1 Å². The maximum absolute atomic E-state index is 5.64. The van der Waals surface area contributed by atoms with Crippen molar-refractivity contribution in [3.05, 3.63) is 41.3 Å². The molecule has 2 N–H and O–H groups in total. The van der Waals surface area contributed by atoms with Crippen molar-refractivity contribution in [3.8, 4) is 5.82 Å². The summed E-state index contributed by atoms with van der Waals surface area (Å²) < 4.78 is 1.86. The van der Waals surface area contributed by atoms with Gasteiger partial charge in [0, 0.05) is 17.5 Å². The first-order valence-corrected chi connectivity index (χ1v) is 6.40. The number of pyridine rings is 1. The fourth-order valence-electron chi connectivity index (χ4n) is 1.79. The van der Waals surface area contributed by atoms with Crippen LogP contribution in [-0.2, 0) is 12.8 Å². The van der Waals surface area contributed by atoms with Crippen LogP contribution >= 0.6 is 12.2 Å². The van der Waals surface area contributed by atoms with Gasteiger partial charge in [-0.15, -0.1) is 0 Å². The zero-order chi connectivity index (χ0) is 13.1. The Hall–Kier alpha value is -1.75. The molecule has 2 aromatic heterocycles. The first-order chi connectivity index (χ1) is 8.65. The van der Waals surface area contributed by atoms with Crippen molar-refractivity contribution in [1.29, 1.82) is 0 Å². The van der Waals surface area contributed by atoms with E-state index in [1.165, 1.54) is 0 Å². The summed E-state index contributed by atoms with van der Waals surface area (Å²) in [4.78, 5) is 4.71. The van der Waals surface area contributed by atoms with Crippen LogP contribution in [0.25, 0.3) is 5.82 Å². The minimum atomic E-state index is 0.375. The van der Waals surface area contributed by atoms with Crippen LogP contribution in [0.4, 0.5) is 0 Å². The van der Waals surface area contributed by atoms with Crippen LogP contribution < -0.4 is 5.73 Å². The maximum Gasteiger partial charge on any atom is 0.154 e. The molecule has 5 heteroatoms. The number of aryl methyl sites for hydroxylation is 2. The summed E-state index contributed by atoms with van der Waals surface area (Å²) >= 11 is 4.98. The molecule has 0 saturated heterocycles. The minimum absolute atomic E-state index is 0.375. The Balaban J connectivity index is 2.50. The summed E-state index contributed by atoms with van der Waals surface area (Å²) in [5.74, 6) is 0.761. The van der Waals surface area contributed by atoms with Gasteiger partial charge in [0.05, 0.1) is 5.69 Å². The molecule has 0 atom stereocenters. The lowest BCUT2D eigenvalue weighted by molar-refractivity contribution is 0.772. The molecule has 0 saturated carbocycles. The lowest BCUT2D eigenvalue weighted by Crippen LogP contribution is -2.11. The van der Waals surface area contributed by atoms with Crippen LogP contribution in [-0.4, -0.2) is 19.8 Å². The molecule has 4 nitrogen and oxygen atoms in total. The molecular weight excluding hydrogens is 244 g/mol. The zero-order valence-corrected chi connectivity index (χ0v) is 11.4. The van der Waals surface area contributed by atoms with Crippen molar-refractivity contribution in [2.75, 3.05) is 0 Å². The zero-order valence-electron chi connectivity index (χ0n) is 10.6. The van der Waals surface area contributed by atoms with E-state index < -0.39 is 0 Å². The Bertz CT molecular complexity index is 574. The molecule has 0 unspecified atom stereocenters. The normalized spacial score (nSPS) is 10.6. The molecule has 0 aliphatic heterocycles. The number of hydrogen-bond donors (Lipinski definition) is 1. The monoisotopic (exact) mass is 260 g/mol. The molecule has 0 aliphatic carbocycles. The molecule has 0 radical (unpaired) electrons. The number of rotatable bonds is 4. The van der Waals surface area contributed by atoms with Gasteiger partial charge >= 0.3 is 0 Å². The van der Waals surface area contributed by atoms with Crippen LogP contribution in [0, 0.1) is 0 Å². The first-order valence-electron chi connectivity index (χ1n) is 5.99. The lowest BCUT2D eigenvalue weighted by Gasteiger charge is -2.06. The summed E-state index contributed by atoms with van der Waals surface area (Å²) in [6, 6.07) is 5.78. The molecule has 0 spiro atoms. The molecule has 2 rings (SSSR count). The van der Waals surface area contributed by atoms with Crippen LogP contribution in [0.2, 0.25) is 0 Å². The van der Waals surface area contributed by atoms with Gasteiger partial charge < -0.3 is 5.73 Å². The number of nitrogens with zero attached hydrogens (tertiary/aromatic N) is 3. The highest BCUT2D eigenvalue weighted by Gasteiger charge is 2.09. The van der Waals surface area contributed by atoms with Gasteiger partial charge in [0.2, 0.25) is 0 Å². The van der Waals surface area contributed by atoms with Gasteiger partial charge in [0.1, 0.15) is 4.99 Å². The summed E-state index contributed by atoms with van der Waals surface area (Å²) in [5.41, 5.74) is 8.65. The third kappa shape index (κ3) is 2.41. The second-order valence-electron chi connectivity index (χ2n) is 4.01. The maximum atomic E-state index is 5.64. The SMILES string of the molecule is CCc1cc(CC)n(-c2cc(C(N)=S)ccn2)n1. The van der Waals surface area contributed by atoms with Gasteiger partial charge in [-0.25, -0.2) is 9.67 Å². The standard InChI is InChI=1S/C13H16N4S/c1-3-10-8-11(4-2)17(16-10)12-7-9(13(14)18)5-6-15-12/h5-8H,3-4H2,1-2H3,(H2,14,18). The summed E-state index contributed by atoms with van der Waals surface area (Å²) in [5, 5.41) is 4.54. The van der Waals surface area contributed by atoms with Gasteiger partial charge in [0.15, 0.2) is 5.82 Å². The summed E-state index contributed by atoms with van der Waals surface area (Å²) in [6.07, 6.45) is 3.53. The summed E-state index contributed by atoms with van der Waals surface area (Å²) in [7, 11) is 0. The molecule has 94 valence electrons. The molecular formula is C13H16N4S. The van der Waals surface area contributed by atoms with E-state index in [9.17, 15) is 0 Å². The minimum Gasteiger partial charge on any atom is -0.389 e. The van der Waals surface area contributed by atoms with Crippen LogP contribution in [0.15, 0.2) is 24.4 Å². The van der Waals surface area contributed by atoms with Crippen LogP contribution in [0.5, 0.6) is 0 Å². The Morgan fingerprint density at radius 2 is 2.11 bits per heavy atom. The van der Waals surface area contributed by atoms with Crippen molar-refractivity contribution in [3.63, 3.8) is 0 Å². The van der Waals surface area contributed by atoms with Crippen molar-refractivity contribution in [2.45, 2.75) is 26.7 Å². The van der Waals surface area contributed by atoms with Crippen LogP contribution in [0.1, 0.15) is 30.8 Å². The molecule has 2 aromatic rings. The third-order valence-electron chi connectivity index (χ3n) is 2.81. The molecule has 2 heterocycles. The highest BCUT2D eigenvalue weighted by molar-refractivity contribution is 7.80. The molecule has 0 bridgehead atoms. The van der Waals surface area contributed by atoms with E-state index in [4.69, 9.17) is 18.0 Å². The molecule has 0 aromatic carbocycles. The molecule has 0 aliphatic rings. The Morgan fingerprint density at radius 3 is 2.72 bits per heavy atom. The lowest BCUT2D eigenvalue weighted by atomic mass is 10.2. The smallest absolute Gasteiger partial charge is 0.154 e. The van der Waals surface area contributed by atoms with E-state index >= 15 is 0 Å². The van der Waals surface area contributed by atoms with Gasteiger partial charge in [-0.3, -0.25) is 0 Å². The van der Waals surface area contributed by atoms with Crippen LogP contribution in [0.3, 0.4) is 0 Å². The number of hydrogen-bond acceptors (Lipinski definition) is 3. The Kier molecular flexibility index (Phi) is 3.72. The molecule has 0 amide bonds. The highest BCUT2D eigenvalue weighted by atomic mass is 32.1. The average molecular weight is 260 g/mol. The van der Waals surface area contributed by atoms with E-state index in [0.717, 1.165) is 35.6 Å². The van der Waals surface area contributed by atoms with E-state index in [-0.39, 0.29) is 0 Å². The first kappa shape index (κ1) is 12.7. The number of thiocarbonyl (C=S) groups is 1. The van der Waals surface area contributed by atoms with Crippen molar-refractivity contribution in [1.82, 2.24) is 14.8 Å². The largest absolute Gasteiger partial charge is 0.389 e. The predicted octanol–water partition coefficient (Wildman–Crippen LogP) is 2.03. The number of aromatic nitrogens is 3. The quantitative estimate of drug-likeness (QED) is 0.855. The van der Waals surface area contributed by atoms with E-state index in [1.54, 1.807) is 6.20 Å². The van der Waals surface area contributed by atoms with Crippen molar-refractivity contribution >= 4 is 17.2 Å².